The van der Waals surface area contributed by atoms with Gasteiger partial charge in [0.05, 0.1) is 0 Å². The standard InChI is InChI=1S/C80H63N5O.Pt/c1-79(2,3)57-43-44-81-76(47-57)85-72-38-21-18-33-65(72)66-42-41-60(51-75(66)85)86-61-46-56(77-62(53-25-10-7-11-26-53)34-24-35-69(77)80(4,5)6)45-58(48-61)82-52-83(74-40-23-22-39-73(74)82)78-67(54-27-12-8-13-28-54)49-59(50-68(78)55-29-14-9-15-30-55)84-70-36-19-16-31-63(70)64-32-17-20-37-71(64)84;/h7-51H,1-6H3;/i8D,9D,12D,13D,14D,15D,27D,28D,29D,30D;. The van der Waals surface area contributed by atoms with Crippen LogP contribution in [0.4, 0.5) is 0 Å². The van der Waals surface area contributed by atoms with E-state index in [1.165, 1.54) is 0 Å². The summed E-state index contributed by atoms with van der Waals surface area (Å²) in [7, 11) is 0. The van der Waals surface area contributed by atoms with Gasteiger partial charge >= 0.3 is 479 Å². The predicted octanol–water partition coefficient (Wildman–Crippen LogP) is 21.1. The van der Waals surface area contributed by atoms with Gasteiger partial charge in [-0.3, -0.25) is 0 Å². The third-order valence-electron chi connectivity index (χ3n) is 16.5. The zero-order chi connectivity index (χ0) is 67.8. The van der Waals surface area contributed by atoms with E-state index in [-0.39, 0.29) is 38.8 Å². The second-order valence-corrected chi connectivity index (χ2v) is 25.0. The van der Waals surface area contributed by atoms with Crippen LogP contribution in [0.15, 0.2) is 273 Å². The van der Waals surface area contributed by atoms with Crippen LogP contribution in [0.5, 0.6) is 11.5 Å². The number of para-hydroxylation sites is 5. The number of pyridine rings is 1. The molecule has 15 aromatic rings. The Bertz CT molecular complexity index is 5670. The molecule has 0 spiro atoms. The van der Waals surface area contributed by atoms with Crippen LogP contribution in [0.25, 0.3) is 122 Å². The third kappa shape index (κ3) is 9.38. The minimum atomic E-state index is -0.588. The summed E-state index contributed by atoms with van der Waals surface area (Å²) in [6, 6.07) is 63.3. The van der Waals surface area contributed by atoms with E-state index in [9.17, 15) is 11.0 Å². The maximum absolute atomic E-state index is 9.80. The molecule has 0 amide bonds. The Morgan fingerprint density at radius 2 is 0.931 bits per heavy atom. The van der Waals surface area contributed by atoms with Crippen molar-refractivity contribution in [3.63, 3.8) is 0 Å². The SMILES string of the molecule is [2H]c1c([2H])c([2H])c(-c2cc(-n3c4ccccc4c4ccccc43)cc(-c3c([2H])c([2H])c([2H])c([2H])c3[2H])c2-n2[c](=[Pt])n(-c3cc(Oc4ccc5c6ccccc6n(-c6cc(C(C)(C)C)ccn6)c5c4)cc(-c4c(-c5ccccc5)cccc4C(C)(C)C)c3)c3ccccc32)c([2H])c1[2H]. The molecule has 87 heavy (non-hydrogen) atoms. The Morgan fingerprint density at radius 1 is 0.391 bits per heavy atom. The van der Waals surface area contributed by atoms with Gasteiger partial charge in [-0.15, -0.1) is 0 Å². The fraction of sp³-hybridized carbons (Fsp3) is 0.100. The van der Waals surface area contributed by atoms with E-state index in [4.69, 9.17) is 12.5 Å². The van der Waals surface area contributed by atoms with Crippen LogP contribution < -0.4 is 4.74 Å². The van der Waals surface area contributed by atoms with Crippen molar-refractivity contribution in [3.8, 4) is 78.9 Å². The molecule has 0 aliphatic carbocycles. The molecule has 15 rings (SSSR count). The van der Waals surface area contributed by atoms with Gasteiger partial charge in [0.25, 0.3) is 0 Å². The Balaban J connectivity index is 1.06. The van der Waals surface area contributed by atoms with E-state index in [1.54, 1.807) is 12.1 Å². The van der Waals surface area contributed by atoms with Gasteiger partial charge in [0.15, 0.2) is 0 Å². The molecule has 0 atom stereocenters. The fourth-order valence-electron chi connectivity index (χ4n) is 12.6. The predicted molar refractivity (Wildman–Crippen MR) is 358 cm³/mol. The third-order valence-corrected chi connectivity index (χ3v) is 17.5. The summed E-state index contributed by atoms with van der Waals surface area (Å²) in [5, 5.41) is 3.92. The number of hydrogen-bond acceptors (Lipinski definition) is 2. The number of benzene rings is 11. The Hall–Kier alpha value is -9.87. The van der Waals surface area contributed by atoms with Crippen LogP contribution in [0, 0.1) is 3.80 Å². The van der Waals surface area contributed by atoms with Gasteiger partial charge in [-0.2, -0.15) is 0 Å². The van der Waals surface area contributed by atoms with Gasteiger partial charge in [0.2, 0.25) is 0 Å². The van der Waals surface area contributed by atoms with Gasteiger partial charge in [0.1, 0.15) is 0 Å². The molecule has 0 unspecified atom stereocenters. The van der Waals surface area contributed by atoms with Crippen molar-refractivity contribution in [2.75, 3.05) is 0 Å². The molecule has 0 radical (unpaired) electrons. The van der Waals surface area contributed by atoms with E-state index in [2.05, 4.69) is 149 Å². The van der Waals surface area contributed by atoms with Crippen molar-refractivity contribution >= 4 is 54.6 Å². The average Bonchev–Trinajstić information content (AvgIpc) is 1.66. The number of fused-ring (bicyclic) bond motifs is 7. The van der Waals surface area contributed by atoms with Gasteiger partial charge in [0, 0.05) is 6.20 Å². The Labute approximate surface area is 531 Å². The van der Waals surface area contributed by atoms with E-state index in [0.717, 1.165) is 82.8 Å². The minimum absolute atomic E-state index is 0.139. The first-order chi connectivity index (χ1) is 46.5. The van der Waals surface area contributed by atoms with Gasteiger partial charge in [-0.05, 0) is 17.0 Å². The van der Waals surface area contributed by atoms with Gasteiger partial charge in [-0.25, -0.2) is 0 Å². The molecular formula is C80H63N5OPt. The second kappa shape index (κ2) is 21.3. The summed E-state index contributed by atoms with van der Waals surface area (Å²) < 4.78 is 110. The van der Waals surface area contributed by atoms with Crippen LogP contribution >= 0.6 is 0 Å². The Morgan fingerprint density at radius 3 is 1.53 bits per heavy atom. The van der Waals surface area contributed by atoms with Crippen LogP contribution in [-0.4, -0.2) is 23.3 Å². The first kappa shape index (κ1) is 43.7. The Kier molecular flexibility index (Phi) is 10.7. The molecule has 0 fully saturated rings. The second-order valence-electron chi connectivity index (χ2n) is 24.0. The molecule has 4 aromatic heterocycles. The van der Waals surface area contributed by atoms with Crippen molar-refractivity contribution in [2.45, 2.75) is 52.4 Å². The summed E-state index contributed by atoms with van der Waals surface area (Å²) in [5.74, 6) is 1.84. The van der Waals surface area contributed by atoms with Crippen molar-refractivity contribution < 1.29 is 37.8 Å². The number of ether oxygens (including phenoxy) is 1. The van der Waals surface area contributed by atoms with Crippen molar-refractivity contribution in [2.24, 2.45) is 0 Å². The first-order valence-corrected chi connectivity index (χ1v) is 30.2. The number of imidazole rings is 1. The van der Waals surface area contributed by atoms with Gasteiger partial charge in [-0.1, -0.05) is 32.9 Å². The van der Waals surface area contributed by atoms with E-state index in [1.807, 2.05) is 131 Å². The molecule has 6 nitrogen and oxygen atoms in total. The number of hydrogen-bond donors (Lipinski definition) is 0. The summed E-state index contributed by atoms with van der Waals surface area (Å²) in [4.78, 5) is 4.97. The number of aromatic nitrogens is 5. The van der Waals surface area contributed by atoms with Crippen LogP contribution in [-0.2, 0) is 30.2 Å². The zero-order valence-electron chi connectivity index (χ0n) is 58.7. The van der Waals surface area contributed by atoms with Crippen LogP contribution in [0.1, 0.15) is 66.4 Å². The molecule has 0 N–H and O–H groups in total. The van der Waals surface area contributed by atoms with E-state index >= 15 is 0 Å². The summed E-state index contributed by atoms with van der Waals surface area (Å²) in [5.41, 5.74) is 11.5. The number of rotatable bonds is 10. The van der Waals surface area contributed by atoms with Gasteiger partial charge < -0.3 is 0 Å². The van der Waals surface area contributed by atoms with E-state index in [0.29, 0.717) is 37.7 Å². The first-order valence-electron chi connectivity index (χ1n) is 34.0. The van der Waals surface area contributed by atoms with Crippen molar-refractivity contribution in [1.29, 1.82) is 0 Å². The fourth-order valence-corrected chi connectivity index (χ4v) is 13.7. The summed E-state index contributed by atoms with van der Waals surface area (Å²) in [6.07, 6.45) is 1.87. The molecule has 4 heterocycles. The molecule has 0 saturated carbocycles. The zero-order valence-corrected chi connectivity index (χ0v) is 50.9. The van der Waals surface area contributed by atoms with Crippen molar-refractivity contribution in [3.05, 3.63) is 288 Å². The monoisotopic (exact) mass is 1310 g/mol. The average molecular weight is 1320 g/mol. The molecule has 7 heteroatoms. The molecule has 0 aliphatic rings. The normalized spacial score (nSPS) is 13.7. The maximum atomic E-state index is 9.80. The summed E-state index contributed by atoms with van der Waals surface area (Å²) >= 11 is 2.27. The van der Waals surface area contributed by atoms with Crippen LogP contribution in [0.2, 0.25) is 0 Å². The molecule has 424 valence electrons. The van der Waals surface area contributed by atoms with Crippen LogP contribution in [0.3, 0.4) is 0 Å². The molecule has 0 aliphatic heterocycles. The van der Waals surface area contributed by atoms with Crippen molar-refractivity contribution in [1.82, 2.24) is 23.3 Å². The molecule has 11 aromatic carbocycles. The number of nitrogens with zero attached hydrogens (tertiary/aromatic N) is 5. The quantitative estimate of drug-likeness (QED) is 0.137. The molecule has 0 bridgehead atoms. The molecule has 0 saturated heterocycles. The van der Waals surface area contributed by atoms with E-state index < -0.39 is 60.4 Å². The molecular weight excluding hydrogens is 1240 g/mol. The summed E-state index contributed by atoms with van der Waals surface area (Å²) in [6.45, 7) is 13.2. The topological polar surface area (TPSA) is 41.8 Å².